The van der Waals surface area contributed by atoms with Crippen LogP contribution in [-0.4, -0.2) is 22.4 Å². The molecule has 0 saturated carbocycles. The van der Waals surface area contributed by atoms with Crippen LogP contribution in [0.15, 0.2) is 41.0 Å². The first-order chi connectivity index (χ1) is 12.5. The minimum atomic E-state index is 0.449. The molecule has 0 atom stereocenters. The van der Waals surface area contributed by atoms with E-state index in [0.717, 1.165) is 38.9 Å². The zero-order chi connectivity index (χ0) is 18.4. The molecule has 0 aliphatic rings. The summed E-state index contributed by atoms with van der Waals surface area (Å²) < 4.78 is 8.76. The molecule has 4 aromatic rings. The van der Waals surface area contributed by atoms with Gasteiger partial charge in [0.05, 0.1) is 12.6 Å². The lowest BCUT2D eigenvalue weighted by atomic mass is 9.98. The highest BCUT2D eigenvalue weighted by molar-refractivity contribution is 9.10. The molecule has 2 aromatic heterocycles. The van der Waals surface area contributed by atoms with Crippen LogP contribution in [0.5, 0.6) is 5.75 Å². The number of halogens is 2. The Balaban J connectivity index is 2.26. The number of benzene rings is 2. The lowest BCUT2D eigenvalue weighted by Crippen LogP contribution is -2.00. The zero-order valence-electron chi connectivity index (χ0n) is 15.0. The van der Waals surface area contributed by atoms with Crippen molar-refractivity contribution in [1.82, 2.24) is 9.38 Å². The van der Waals surface area contributed by atoms with E-state index in [1.165, 1.54) is 16.3 Å². The highest BCUT2D eigenvalue weighted by Crippen LogP contribution is 2.37. The third-order valence-electron chi connectivity index (χ3n) is 4.92. The maximum atomic E-state index is 6.04. The van der Waals surface area contributed by atoms with Gasteiger partial charge in [-0.05, 0) is 63.1 Å². The van der Waals surface area contributed by atoms with Crippen LogP contribution in [0.3, 0.4) is 0 Å². The van der Waals surface area contributed by atoms with Crippen LogP contribution in [0.4, 0.5) is 0 Å². The summed E-state index contributed by atoms with van der Waals surface area (Å²) in [5.74, 6) is 1.84. The van der Waals surface area contributed by atoms with Gasteiger partial charge in [-0.2, -0.15) is 0 Å². The van der Waals surface area contributed by atoms with Gasteiger partial charge >= 0.3 is 0 Å². The Labute approximate surface area is 166 Å². The number of aromatic nitrogens is 2. The molecule has 0 N–H and O–H groups in total. The largest absolute Gasteiger partial charge is 0.497 e. The van der Waals surface area contributed by atoms with Crippen LogP contribution in [-0.2, 0) is 6.42 Å². The topological polar surface area (TPSA) is 26.5 Å². The molecule has 3 nitrogen and oxygen atoms in total. The molecule has 0 radical (unpaired) electrons. The number of pyridine rings is 1. The predicted molar refractivity (Wildman–Crippen MR) is 113 cm³/mol. The second kappa shape index (κ2) is 6.75. The lowest BCUT2D eigenvalue weighted by molar-refractivity contribution is 0.415. The van der Waals surface area contributed by atoms with Crippen molar-refractivity contribution in [2.24, 2.45) is 0 Å². The summed E-state index contributed by atoms with van der Waals surface area (Å²) in [7, 11) is 1.69. The first-order valence-corrected chi connectivity index (χ1v) is 10.0. The fourth-order valence-electron chi connectivity index (χ4n) is 3.56. The summed E-state index contributed by atoms with van der Waals surface area (Å²) in [6, 6.07) is 10.7. The van der Waals surface area contributed by atoms with Gasteiger partial charge in [-0.15, -0.1) is 11.6 Å². The third-order valence-corrected chi connectivity index (χ3v) is 5.71. The second-order valence-electron chi connectivity index (χ2n) is 6.81. The van der Waals surface area contributed by atoms with Crippen molar-refractivity contribution in [3.05, 3.63) is 52.3 Å². The van der Waals surface area contributed by atoms with Gasteiger partial charge in [0.1, 0.15) is 11.4 Å². The van der Waals surface area contributed by atoms with E-state index >= 15 is 0 Å². The lowest BCUT2D eigenvalue weighted by Gasteiger charge is -2.15. The molecular weight excluding hydrogens is 412 g/mol. The molecule has 0 aliphatic carbocycles. The van der Waals surface area contributed by atoms with E-state index in [0.29, 0.717) is 11.8 Å². The summed E-state index contributed by atoms with van der Waals surface area (Å²) in [5.41, 5.74) is 4.49. The van der Waals surface area contributed by atoms with Crippen molar-refractivity contribution in [3.63, 3.8) is 0 Å². The fourth-order valence-corrected chi connectivity index (χ4v) is 4.40. The molecule has 0 unspecified atom stereocenters. The Morgan fingerprint density at radius 2 is 1.96 bits per heavy atom. The van der Waals surface area contributed by atoms with Gasteiger partial charge < -0.3 is 4.74 Å². The monoisotopic (exact) mass is 430 g/mol. The van der Waals surface area contributed by atoms with Crippen LogP contribution in [0.1, 0.15) is 31.0 Å². The molecule has 0 bridgehead atoms. The summed E-state index contributed by atoms with van der Waals surface area (Å²) in [6.07, 6.45) is 2.70. The summed E-state index contributed by atoms with van der Waals surface area (Å²) >= 11 is 9.86. The Bertz CT molecular complexity index is 1130. The number of nitrogens with zero attached hydrogens (tertiary/aromatic N) is 2. The summed E-state index contributed by atoms with van der Waals surface area (Å²) in [5, 5.41) is 3.48. The van der Waals surface area contributed by atoms with Crippen molar-refractivity contribution in [3.8, 4) is 5.75 Å². The second-order valence-corrected chi connectivity index (χ2v) is 8.04. The normalized spacial score (nSPS) is 11.9. The van der Waals surface area contributed by atoms with E-state index in [4.69, 9.17) is 21.3 Å². The molecule has 0 saturated heterocycles. The van der Waals surface area contributed by atoms with Crippen molar-refractivity contribution in [2.75, 3.05) is 13.0 Å². The minimum Gasteiger partial charge on any atom is -0.497 e. The number of ether oxygens (including phenoxy) is 1. The van der Waals surface area contributed by atoms with Gasteiger partial charge in [-0.25, -0.2) is 4.98 Å². The van der Waals surface area contributed by atoms with E-state index in [9.17, 15) is 0 Å². The summed E-state index contributed by atoms with van der Waals surface area (Å²) in [6.45, 7) is 4.43. The van der Waals surface area contributed by atoms with Gasteiger partial charge in [0.2, 0.25) is 0 Å². The van der Waals surface area contributed by atoms with Crippen LogP contribution in [0, 0.1) is 0 Å². The Hall–Kier alpha value is -1.78. The molecule has 0 aliphatic heterocycles. The van der Waals surface area contributed by atoms with E-state index in [2.05, 4.69) is 58.4 Å². The van der Waals surface area contributed by atoms with Gasteiger partial charge in [-0.1, -0.05) is 13.8 Å². The Kier molecular flexibility index (Phi) is 4.57. The van der Waals surface area contributed by atoms with Crippen molar-refractivity contribution in [1.29, 1.82) is 0 Å². The van der Waals surface area contributed by atoms with E-state index in [-0.39, 0.29) is 0 Å². The maximum absolute atomic E-state index is 6.04. The fraction of sp³-hybridized carbons (Fsp3) is 0.286. The molecule has 26 heavy (non-hydrogen) atoms. The molecule has 0 spiro atoms. The number of aryl methyl sites for hydroxylation is 1. The average Bonchev–Trinajstić information content (AvgIpc) is 3.05. The Morgan fingerprint density at radius 3 is 2.65 bits per heavy atom. The van der Waals surface area contributed by atoms with E-state index in [1.807, 2.05) is 12.3 Å². The number of rotatable bonds is 4. The van der Waals surface area contributed by atoms with Crippen LogP contribution >= 0.6 is 27.5 Å². The molecule has 4 rings (SSSR count). The smallest absolute Gasteiger partial charge is 0.145 e. The molecule has 5 heteroatoms. The highest BCUT2D eigenvalue weighted by atomic mass is 79.9. The highest BCUT2D eigenvalue weighted by Gasteiger charge is 2.17. The predicted octanol–water partition coefficient (Wildman–Crippen LogP) is 6.32. The van der Waals surface area contributed by atoms with Crippen molar-refractivity contribution >= 4 is 54.9 Å². The van der Waals surface area contributed by atoms with Gasteiger partial charge in [0.15, 0.2) is 0 Å². The van der Waals surface area contributed by atoms with E-state index in [1.54, 1.807) is 7.11 Å². The molecule has 134 valence electrons. The van der Waals surface area contributed by atoms with Crippen molar-refractivity contribution in [2.45, 2.75) is 26.2 Å². The number of hydrogen-bond acceptors (Lipinski definition) is 2. The molecular formula is C21H20BrClN2O. The first-order valence-electron chi connectivity index (χ1n) is 8.70. The van der Waals surface area contributed by atoms with Gasteiger partial charge in [0.25, 0.3) is 0 Å². The van der Waals surface area contributed by atoms with Crippen LogP contribution in [0.25, 0.3) is 27.3 Å². The minimum absolute atomic E-state index is 0.449. The first kappa shape index (κ1) is 17.6. The van der Waals surface area contributed by atoms with E-state index < -0.39 is 0 Å². The number of alkyl halides is 1. The molecule has 0 amide bonds. The SMILES string of the molecule is COc1ccc2c(c1)c1ncc(CCCl)n1c1c(Br)cc(C(C)C)cc21. The molecule has 0 fully saturated rings. The standard InChI is InChI=1S/C21H20BrClN2O/c1-12(2)13-8-17-16-5-4-15(26-3)10-18(16)21-24-11-14(6-7-23)25(21)20(17)19(22)9-13/h4-5,8-12H,6-7H2,1-3H3. The molecule has 2 aromatic carbocycles. The number of methoxy groups -OCH3 is 1. The van der Waals surface area contributed by atoms with Crippen LogP contribution in [0.2, 0.25) is 0 Å². The third kappa shape index (κ3) is 2.67. The average molecular weight is 432 g/mol. The molecule has 2 heterocycles. The van der Waals surface area contributed by atoms with Crippen LogP contribution < -0.4 is 4.74 Å². The Morgan fingerprint density at radius 1 is 1.15 bits per heavy atom. The maximum Gasteiger partial charge on any atom is 0.145 e. The van der Waals surface area contributed by atoms with Crippen molar-refractivity contribution < 1.29 is 4.74 Å². The zero-order valence-corrected chi connectivity index (χ0v) is 17.4. The number of imidazole rings is 1. The number of fused-ring (bicyclic) bond motifs is 6. The summed E-state index contributed by atoms with van der Waals surface area (Å²) in [4.78, 5) is 4.72. The number of hydrogen-bond donors (Lipinski definition) is 0. The quantitative estimate of drug-likeness (QED) is 0.279. The van der Waals surface area contributed by atoms with Gasteiger partial charge in [-0.3, -0.25) is 4.40 Å². The van der Waals surface area contributed by atoms with Gasteiger partial charge in [0, 0.05) is 39.4 Å².